The minimum atomic E-state index is 0.507. The van der Waals surface area contributed by atoms with Gasteiger partial charge >= 0.3 is 0 Å². The maximum atomic E-state index is 5.92. The van der Waals surface area contributed by atoms with Crippen LogP contribution in [0.5, 0.6) is 5.75 Å². The molecule has 0 aliphatic carbocycles. The molecule has 0 unspecified atom stereocenters. The molecule has 0 aliphatic rings. The zero-order valence-corrected chi connectivity index (χ0v) is 12.1. The zero-order chi connectivity index (χ0) is 14.8. The van der Waals surface area contributed by atoms with Crippen LogP contribution in [0.1, 0.15) is 0 Å². The van der Waals surface area contributed by atoms with Crippen molar-refractivity contribution in [3.05, 3.63) is 53.7 Å². The van der Waals surface area contributed by atoms with Gasteiger partial charge in [-0.25, -0.2) is 4.68 Å². The number of anilines is 1. The van der Waals surface area contributed by atoms with Crippen molar-refractivity contribution >= 4 is 17.3 Å². The Bertz CT molecular complexity index is 785. The van der Waals surface area contributed by atoms with Crippen LogP contribution in [-0.4, -0.2) is 22.1 Å². The van der Waals surface area contributed by atoms with E-state index in [4.69, 9.17) is 22.1 Å². The lowest BCUT2D eigenvalue weighted by molar-refractivity contribution is 0.415. The van der Waals surface area contributed by atoms with Gasteiger partial charge in [-0.3, -0.25) is 0 Å². The third-order valence-electron chi connectivity index (χ3n) is 3.10. The van der Waals surface area contributed by atoms with Crippen LogP contribution in [0.4, 0.5) is 5.69 Å². The second kappa shape index (κ2) is 5.46. The van der Waals surface area contributed by atoms with Crippen LogP contribution in [0.15, 0.2) is 48.7 Å². The fourth-order valence-corrected chi connectivity index (χ4v) is 2.10. The van der Waals surface area contributed by atoms with Crippen molar-refractivity contribution in [3.8, 4) is 22.7 Å². The maximum absolute atomic E-state index is 5.92. The van der Waals surface area contributed by atoms with Crippen molar-refractivity contribution in [1.82, 2.24) is 15.0 Å². The Balaban J connectivity index is 1.97. The van der Waals surface area contributed by atoms with Gasteiger partial charge < -0.3 is 10.5 Å². The topological polar surface area (TPSA) is 66.0 Å². The Hall–Kier alpha value is -2.53. The first-order chi connectivity index (χ1) is 10.2. The number of aromatic nitrogens is 3. The molecule has 2 aromatic carbocycles. The molecule has 3 aromatic rings. The highest BCUT2D eigenvalue weighted by Gasteiger charge is 2.07. The molecule has 0 saturated carbocycles. The summed E-state index contributed by atoms with van der Waals surface area (Å²) in [6, 6.07) is 13.0. The van der Waals surface area contributed by atoms with Gasteiger partial charge in [-0.05, 0) is 30.3 Å². The largest absolute Gasteiger partial charge is 0.497 e. The molecule has 0 atom stereocenters. The average Bonchev–Trinajstić information content (AvgIpc) is 3.00. The van der Waals surface area contributed by atoms with Crippen molar-refractivity contribution in [2.45, 2.75) is 0 Å². The second-order valence-electron chi connectivity index (χ2n) is 4.49. The van der Waals surface area contributed by atoms with Gasteiger partial charge in [-0.1, -0.05) is 28.9 Å². The lowest BCUT2D eigenvalue weighted by Crippen LogP contribution is -1.96. The smallest absolute Gasteiger partial charge is 0.119 e. The molecule has 21 heavy (non-hydrogen) atoms. The number of methoxy groups -OCH3 is 1. The summed E-state index contributed by atoms with van der Waals surface area (Å²) < 4.78 is 6.86. The van der Waals surface area contributed by atoms with E-state index in [9.17, 15) is 0 Å². The average molecular weight is 301 g/mol. The van der Waals surface area contributed by atoms with Gasteiger partial charge in [-0.15, -0.1) is 5.10 Å². The molecule has 6 heteroatoms. The van der Waals surface area contributed by atoms with Gasteiger partial charge in [-0.2, -0.15) is 0 Å². The maximum Gasteiger partial charge on any atom is 0.119 e. The van der Waals surface area contributed by atoms with Crippen molar-refractivity contribution in [1.29, 1.82) is 0 Å². The van der Waals surface area contributed by atoms with Crippen LogP contribution in [0, 0.1) is 0 Å². The summed E-state index contributed by atoms with van der Waals surface area (Å²) in [5.74, 6) is 0.776. The Kier molecular flexibility index (Phi) is 3.50. The summed E-state index contributed by atoms with van der Waals surface area (Å²) in [4.78, 5) is 0. The lowest BCUT2D eigenvalue weighted by Gasteiger charge is -2.03. The molecular formula is C15H13ClN4O. The predicted octanol–water partition coefficient (Wildman–Crippen LogP) is 3.18. The van der Waals surface area contributed by atoms with E-state index in [1.54, 1.807) is 23.9 Å². The van der Waals surface area contributed by atoms with E-state index in [2.05, 4.69) is 10.3 Å². The number of nitrogens with two attached hydrogens (primary N) is 1. The Morgan fingerprint density at radius 2 is 2.05 bits per heavy atom. The molecule has 5 nitrogen and oxygen atoms in total. The van der Waals surface area contributed by atoms with Crippen molar-refractivity contribution in [2.75, 3.05) is 12.8 Å². The summed E-state index contributed by atoms with van der Waals surface area (Å²) in [7, 11) is 1.63. The van der Waals surface area contributed by atoms with E-state index in [0.717, 1.165) is 22.7 Å². The number of nitrogens with zero attached hydrogens (tertiary/aromatic N) is 3. The molecule has 0 spiro atoms. The third-order valence-corrected chi connectivity index (χ3v) is 3.45. The molecule has 0 saturated heterocycles. The molecule has 0 radical (unpaired) electrons. The number of hydrogen-bond donors (Lipinski definition) is 1. The molecule has 0 bridgehead atoms. The Labute approximate surface area is 126 Å². The lowest BCUT2D eigenvalue weighted by atomic mass is 10.1. The van der Waals surface area contributed by atoms with Gasteiger partial charge in [0.15, 0.2) is 0 Å². The number of nitrogen functional groups attached to an aromatic ring is 1. The van der Waals surface area contributed by atoms with E-state index >= 15 is 0 Å². The molecule has 3 rings (SSSR count). The highest BCUT2D eigenvalue weighted by Crippen LogP contribution is 2.24. The van der Waals surface area contributed by atoms with Gasteiger partial charge in [0, 0.05) is 5.56 Å². The van der Waals surface area contributed by atoms with Crippen LogP contribution in [-0.2, 0) is 0 Å². The van der Waals surface area contributed by atoms with E-state index in [-0.39, 0.29) is 0 Å². The number of hydrogen-bond acceptors (Lipinski definition) is 4. The van der Waals surface area contributed by atoms with E-state index in [0.29, 0.717) is 10.7 Å². The minimum Gasteiger partial charge on any atom is -0.497 e. The van der Waals surface area contributed by atoms with E-state index < -0.39 is 0 Å². The van der Waals surface area contributed by atoms with Gasteiger partial charge in [0.2, 0.25) is 0 Å². The first kappa shape index (κ1) is 13.5. The van der Waals surface area contributed by atoms with E-state index in [1.165, 1.54) is 0 Å². The highest BCUT2D eigenvalue weighted by atomic mass is 35.5. The molecular weight excluding hydrogens is 288 g/mol. The molecule has 0 amide bonds. The fraction of sp³-hybridized carbons (Fsp3) is 0.0667. The summed E-state index contributed by atoms with van der Waals surface area (Å²) >= 11 is 5.92. The summed E-state index contributed by atoms with van der Waals surface area (Å²) in [5.41, 5.74) is 8.80. The van der Waals surface area contributed by atoms with Crippen LogP contribution in [0.3, 0.4) is 0 Å². The quantitative estimate of drug-likeness (QED) is 0.754. The molecule has 2 N–H and O–H groups in total. The van der Waals surface area contributed by atoms with Gasteiger partial charge in [0.05, 0.1) is 29.7 Å². The van der Waals surface area contributed by atoms with Gasteiger partial charge in [0.1, 0.15) is 11.4 Å². The second-order valence-corrected chi connectivity index (χ2v) is 4.89. The number of halogens is 1. The summed E-state index contributed by atoms with van der Waals surface area (Å²) in [5, 5.41) is 8.81. The summed E-state index contributed by atoms with van der Waals surface area (Å²) in [6.45, 7) is 0. The van der Waals surface area contributed by atoms with Crippen LogP contribution < -0.4 is 10.5 Å². The Morgan fingerprint density at radius 3 is 2.81 bits per heavy atom. The molecule has 106 valence electrons. The SMILES string of the molecule is COc1cccc(-c2cn(-c3ccc(Cl)c(N)c3)nn2)c1. The zero-order valence-electron chi connectivity index (χ0n) is 11.3. The molecule has 0 aliphatic heterocycles. The van der Waals surface area contributed by atoms with Gasteiger partial charge in [0.25, 0.3) is 0 Å². The fourth-order valence-electron chi connectivity index (χ4n) is 1.98. The van der Waals surface area contributed by atoms with Crippen molar-refractivity contribution in [3.63, 3.8) is 0 Å². The summed E-state index contributed by atoms with van der Waals surface area (Å²) in [6.07, 6.45) is 1.83. The molecule has 1 heterocycles. The van der Waals surface area contributed by atoms with Crippen LogP contribution in [0.25, 0.3) is 16.9 Å². The molecule has 1 aromatic heterocycles. The van der Waals surface area contributed by atoms with Crippen LogP contribution >= 0.6 is 11.6 Å². The first-order valence-electron chi connectivity index (χ1n) is 6.29. The monoisotopic (exact) mass is 300 g/mol. The minimum absolute atomic E-state index is 0.507. The van der Waals surface area contributed by atoms with E-state index in [1.807, 2.05) is 36.5 Å². The third kappa shape index (κ3) is 2.68. The highest BCUT2D eigenvalue weighted by molar-refractivity contribution is 6.33. The normalized spacial score (nSPS) is 10.6. The number of ether oxygens (including phenoxy) is 1. The van der Waals surface area contributed by atoms with Crippen LogP contribution in [0.2, 0.25) is 5.02 Å². The number of rotatable bonds is 3. The van der Waals surface area contributed by atoms with Crippen molar-refractivity contribution in [2.24, 2.45) is 0 Å². The predicted molar refractivity (Wildman–Crippen MR) is 82.8 cm³/mol. The Morgan fingerprint density at radius 1 is 1.19 bits per heavy atom. The first-order valence-corrected chi connectivity index (χ1v) is 6.67. The standard InChI is InChI=1S/C15H13ClN4O/c1-21-12-4-2-3-10(7-12)15-9-20(19-18-15)11-5-6-13(16)14(17)8-11/h2-9H,17H2,1H3. The molecule has 0 fully saturated rings. The van der Waals surface area contributed by atoms with Crippen molar-refractivity contribution < 1.29 is 4.74 Å². The number of benzene rings is 2.